The van der Waals surface area contributed by atoms with E-state index in [0.717, 1.165) is 6.20 Å². The average molecular weight is 261 g/mol. The summed E-state index contributed by atoms with van der Waals surface area (Å²) in [5.74, 6) is -2.86. The van der Waals surface area contributed by atoms with Crippen molar-refractivity contribution in [2.24, 2.45) is 7.05 Å². The van der Waals surface area contributed by atoms with Gasteiger partial charge in [-0.05, 0) is 12.8 Å². The lowest BCUT2D eigenvalue weighted by Gasteiger charge is -2.16. The Bertz CT molecular complexity index is 461. The summed E-state index contributed by atoms with van der Waals surface area (Å²) in [5, 5.41) is 14.6. The first kappa shape index (κ1) is 12.9. The maximum Gasteiger partial charge on any atom is 0.312 e. The van der Waals surface area contributed by atoms with Crippen LogP contribution < -0.4 is 0 Å². The van der Waals surface area contributed by atoms with Crippen LogP contribution in [0.1, 0.15) is 31.1 Å². The molecular weight excluding hydrogens is 248 g/mol. The molecule has 1 atom stereocenters. The summed E-state index contributed by atoms with van der Waals surface area (Å²) in [7, 11) is 1.54. The van der Waals surface area contributed by atoms with Gasteiger partial charge in [0.2, 0.25) is 0 Å². The number of aromatic nitrogens is 2. The van der Waals surface area contributed by atoms with Crippen molar-refractivity contribution in [3.63, 3.8) is 0 Å². The van der Waals surface area contributed by atoms with E-state index in [1.54, 1.807) is 0 Å². The minimum Gasteiger partial charge on any atom is -0.365 e. The number of rotatable bonds is 2. The Morgan fingerprint density at radius 1 is 1.67 bits per heavy atom. The van der Waals surface area contributed by atoms with Crippen LogP contribution in [0.25, 0.3) is 0 Å². The normalized spacial score (nSPS) is 23.6. The Kier molecular flexibility index (Phi) is 3.29. The number of nitro groups is 1. The Balaban J connectivity index is 2.26. The SMILES string of the molecule is Cn1ncc([N+](=O)[O-])c1C1CCCC(F)(F)CO1. The smallest absolute Gasteiger partial charge is 0.312 e. The molecule has 0 spiro atoms. The van der Waals surface area contributed by atoms with E-state index in [9.17, 15) is 18.9 Å². The number of nitrogens with zero attached hydrogens (tertiary/aromatic N) is 3. The van der Waals surface area contributed by atoms with E-state index in [1.165, 1.54) is 11.7 Å². The molecule has 0 amide bonds. The largest absolute Gasteiger partial charge is 0.365 e. The number of hydrogen-bond acceptors (Lipinski definition) is 4. The summed E-state index contributed by atoms with van der Waals surface area (Å²) < 4.78 is 32.7. The number of ether oxygens (including phenoxy) is 1. The van der Waals surface area contributed by atoms with Gasteiger partial charge in [0.25, 0.3) is 5.92 Å². The molecule has 0 N–H and O–H groups in total. The van der Waals surface area contributed by atoms with Crippen molar-refractivity contribution in [3.05, 3.63) is 22.0 Å². The second-order valence-corrected chi connectivity index (χ2v) is 4.34. The molecule has 1 saturated heterocycles. The molecule has 2 rings (SSSR count). The quantitative estimate of drug-likeness (QED) is 0.604. The van der Waals surface area contributed by atoms with E-state index in [2.05, 4.69) is 5.10 Å². The first-order chi connectivity index (χ1) is 8.41. The highest BCUT2D eigenvalue weighted by molar-refractivity contribution is 5.34. The second-order valence-electron chi connectivity index (χ2n) is 4.34. The van der Waals surface area contributed by atoms with Gasteiger partial charge in [-0.25, -0.2) is 8.78 Å². The molecule has 0 aromatic carbocycles. The molecule has 100 valence electrons. The van der Waals surface area contributed by atoms with Gasteiger partial charge < -0.3 is 4.74 Å². The van der Waals surface area contributed by atoms with Crippen LogP contribution >= 0.6 is 0 Å². The van der Waals surface area contributed by atoms with E-state index in [-0.39, 0.29) is 24.2 Å². The third-order valence-electron chi connectivity index (χ3n) is 2.97. The minimum absolute atomic E-state index is 0.187. The number of halogens is 2. The highest BCUT2D eigenvalue weighted by atomic mass is 19.3. The third-order valence-corrected chi connectivity index (χ3v) is 2.97. The van der Waals surface area contributed by atoms with E-state index in [0.29, 0.717) is 6.42 Å². The number of alkyl halides is 2. The topological polar surface area (TPSA) is 70.2 Å². The van der Waals surface area contributed by atoms with Gasteiger partial charge in [0.15, 0.2) is 0 Å². The van der Waals surface area contributed by atoms with Crippen LogP contribution in [0.3, 0.4) is 0 Å². The summed E-state index contributed by atoms with van der Waals surface area (Å²) in [5.41, 5.74) is 0.0606. The maximum atomic E-state index is 13.2. The molecule has 1 aromatic rings. The highest BCUT2D eigenvalue weighted by Gasteiger charge is 2.37. The Morgan fingerprint density at radius 2 is 2.39 bits per heavy atom. The first-order valence-electron chi connectivity index (χ1n) is 5.56. The van der Waals surface area contributed by atoms with Gasteiger partial charge in [0, 0.05) is 13.5 Å². The standard InChI is InChI=1S/C10H13F2N3O3/c1-14-9(7(5-13-14)15(16)17)8-3-2-4-10(11,12)6-18-8/h5,8H,2-4,6H2,1H3. The van der Waals surface area contributed by atoms with Crippen molar-refractivity contribution >= 4 is 5.69 Å². The Morgan fingerprint density at radius 3 is 3.06 bits per heavy atom. The fourth-order valence-electron chi connectivity index (χ4n) is 2.09. The van der Waals surface area contributed by atoms with Crippen LogP contribution in [0.15, 0.2) is 6.20 Å². The molecule has 0 saturated carbocycles. The van der Waals surface area contributed by atoms with Crippen LogP contribution in [-0.2, 0) is 11.8 Å². The Labute approximate surface area is 102 Å². The van der Waals surface area contributed by atoms with Crippen molar-refractivity contribution in [1.82, 2.24) is 9.78 Å². The predicted molar refractivity (Wildman–Crippen MR) is 57.4 cm³/mol. The highest BCUT2D eigenvalue weighted by Crippen LogP contribution is 2.36. The lowest BCUT2D eigenvalue weighted by molar-refractivity contribution is -0.386. The molecule has 0 radical (unpaired) electrons. The zero-order chi connectivity index (χ0) is 13.3. The first-order valence-corrected chi connectivity index (χ1v) is 5.56. The fourth-order valence-corrected chi connectivity index (χ4v) is 2.09. The van der Waals surface area contributed by atoms with Crippen molar-refractivity contribution in [2.45, 2.75) is 31.3 Å². The molecule has 1 unspecified atom stereocenters. The second kappa shape index (κ2) is 4.60. The fraction of sp³-hybridized carbons (Fsp3) is 0.700. The molecule has 0 bridgehead atoms. The van der Waals surface area contributed by atoms with E-state index < -0.39 is 23.6 Å². The summed E-state index contributed by atoms with van der Waals surface area (Å²) >= 11 is 0. The molecule has 1 aliphatic rings. The summed E-state index contributed by atoms with van der Waals surface area (Å²) in [6.45, 7) is -0.708. The zero-order valence-corrected chi connectivity index (χ0v) is 9.81. The van der Waals surface area contributed by atoms with Gasteiger partial charge in [0.1, 0.15) is 24.6 Å². The molecule has 8 heteroatoms. The van der Waals surface area contributed by atoms with Gasteiger partial charge in [-0.15, -0.1) is 0 Å². The van der Waals surface area contributed by atoms with Crippen molar-refractivity contribution in [2.75, 3.05) is 6.61 Å². The molecule has 18 heavy (non-hydrogen) atoms. The van der Waals surface area contributed by atoms with Gasteiger partial charge in [-0.2, -0.15) is 5.10 Å². The van der Waals surface area contributed by atoms with Gasteiger partial charge >= 0.3 is 5.69 Å². The predicted octanol–water partition coefficient (Wildman–Crippen LogP) is 2.21. The van der Waals surface area contributed by atoms with Crippen LogP contribution in [0.4, 0.5) is 14.5 Å². The lowest BCUT2D eigenvalue weighted by atomic mass is 10.1. The van der Waals surface area contributed by atoms with Gasteiger partial charge in [0.05, 0.1) is 4.92 Å². The number of aryl methyl sites for hydroxylation is 1. The molecule has 2 heterocycles. The molecule has 1 aromatic heterocycles. The molecule has 0 aliphatic carbocycles. The van der Waals surface area contributed by atoms with Crippen LogP contribution in [-0.4, -0.2) is 27.2 Å². The molecule has 1 fully saturated rings. The monoisotopic (exact) mass is 261 g/mol. The number of hydrogen-bond donors (Lipinski definition) is 0. The molecule has 1 aliphatic heterocycles. The van der Waals surface area contributed by atoms with E-state index in [4.69, 9.17) is 4.74 Å². The van der Waals surface area contributed by atoms with E-state index >= 15 is 0 Å². The molecular formula is C10H13F2N3O3. The maximum absolute atomic E-state index is 13.2. The third kappa shape index (κ3) is 2.47. The van der Waals surface area contributed by atoms with Crippen molar-refractivity contribution in [3.8, 4) is 0 Å². The zero-order valence-electron chi connectivity index (χ0n) is 9.81. The van der Waals surface area contributed by atoms with E-state index in [1.807, 2.05) is 0 Å². The average Bonchev–Trinajstić information content (AvgIpc) is 2.56. The summed E-state index contributed by atoms with van der Waals surface area (Å²) in [6, 6.07) is 0. The van der Waals surface area contributed by atoms with Crippen molar-refractivity contribution < 1.29 is 18.4 Å². The van der Waals surface area contributed by atoms with Crippen molar-refractivity contribution in [1.29, 1.82) is 0 Å². The summed E-state index contributed by atoms with van der Waals surface area (Å²) in [4.78, 5) is 10.3. The minimum atomic E-state index is -2.86. The van der Waals surface area contributed by atoms with Crippen LogP contribution in [0.2, 0.25) is 0 Å². The van der Waals surface area contributed by atoms with Gasteiger partial charge in [-0.1, -0.05) is 0 Å². The van der Waals surface area contributed by atoms with Gasteiger partial charge in [-0.3, -0.25) is 14.8 Å². The Hall–Kier alpha value is -1.57. The van der Waals surface area contributed by atoms with Crippen LogP contribution in [0, 0.1) is 10.1 Å². The lowest BCUT2D eigenvalue weighted by Crippen LogP contribution is -2.22. The molecule has 6 nitrogen and oxygen atoms in total. The van der Waals surface area contributed by atoms with Crippen LogP contribution in [0.5, 0.6) is 0 Å². The summed E-state index contributed by atoms with van der Waals surface area (Å²) in [6.07, 6.45) is 0.749.